The van der Waals surface area contributed by atoms with E-state index in [0.29, 0.717) is 11.3 Å². The van der Waals surface area contributed by atoms with Gasteiger partial charge in [-0.05, 0) is 24.3 Å². The monoisotopic (exact) mass is 351 g/mol. The van der Waals surface area contributed by atoms with Gasteiger partial charge < -0.3 is 5.32 Å². The van der Waals surface area contributed by atoms with Crippen LogP contribution < -0.4 is 10.5 Å². The van der Waals surface area contributed by atoms with Crippen molar-refractivity contribution in [3.05, 3.63) is 40.3 Å². The molecule has 118 valence electrons. The molecule has 3 N–H and O–H groups in total. The van der Waals surface area contributed by atoms with Gasteiger partial charge in [0.25, 0.3) is 5.91 Å². The van der Waals surface area contributed by atoms with Crippen molar-refractivity contribution in [2.75, 3.05) is 5.32 Å². The summed E-state index contributed by atoms with van der Waals surface area (Å²) in [6.45, 7) is 0. The molecule has 2 rings (SSSR count). The molecule has 1 aromatic carbocycles. The van der Waals surface area contributed by atoms with Crippen molar-refractivity contribution in [1.29, 1.82) is 0 Å². The smallest absolute Gasteiger partial charge is 0.321 e. The molecule has 0 bridgehead atoms. The van der Waals surface area contributed by atoms with Crippen molar-refractivity contribution >= 4 is 33.0 Å². The lowest BCUT2D eigenvalue weighted by Gasteiger charge is -2.08. The molecule has 0 saturated carbocycles. The number of thiazole rings is 1. The zero-order valence-electron chi connectivity index (χ0n) is 10.6. The van der Waals surface area contributed by atoms with Crippen LogP contribution in [0.4, 0.5) is 18.9 Å². The van der Waals surface area contributed by atoms with Gasteiger partial charge in [-0.3, -0.25) is 4.79 Å². The number of nitrogens with zero attached hydrogens (tertiary/aromatic N) is 1. The number of carbonyl (C=O) groups is 1. The van der Waals surface area contributed by atoms with Crippen LogP contribution in [0.5, 0.6) is 0 Å². The average molecular weight is 351 g/mol. The number of amides is 1. The van der Waals surface area contributed by atoms with Crippen LogP contribution in [0.3, 0.4) is 0 Å². The Hall–Kier alpha value is -1.98. The third kappa shape index (κ3) is 3.61. The molecule has 2 aromatic rings. The Labute approximate surface area is 126 Å². The van der Waals surface area contributed by atoms with Crippen LogP contribution in [0.2, 0.25) is 0 Å². The van der Waals surface area contributed by atoms with Crippen LogP contribution in [0.15, 0.2) is 34.7 Å². The standard InChI is InChI=1S/C11H8F3N3O3S2/c12-11(13,14)9-8(21-5-16-9)10(18)17-6-1-3-7(4-2-6)22(15,19)20/h1-5H,(H,17,18)(H2,15,19,20). The molecule has 11 heteroatoms. The molecule has 1 aromatic heterocycles. The number of nitrogens with two attached hydrogens (primary N) is 1. The largest absolute Gasteiger partial charge is 0.434 e. The Kier molecular flexibility index (Phi) is 4.22. The second-order valence-corrected chi connectivity index (χ2v) is 6.47. The van der Waals surface area contributed by atoms with E-state index in [4.69, 9.17) is 5.14 Å². The van der Waals surface area contributed by atoms with Gasteiger partial charge >= 0.3 is 6.18 Å². The molecule has 0 aliphatic carbocycles. The summed E-state index contributed by atoms with van der Waals surface area (Å²) < 4.78 is 60.1. The second kappa shape index (κ2) is 5.66. The zero-order chi connectivity index (χ0) is 16.5. The minimum Gasteiger partial charge on any atom is -0.321 e. The molecule has 0 unspecified atom stereocenters. The highest BCUT2D eigenvalue weighted by molar-refractivity contribution is 7.89. The highest BCUT2D eigenvalue weighted by atomic mass is 32.2. The first-order valence-corrected chi connectivity index (χ1v) is 7.96. The second-order valence-electron chi connectivity index (χ2n) is 4.05. The van der Waals surface area contributed by atoms with E-state index in [-0.39, 0.29) is 10.6 Å². The summed E-state index contributed by atoms with van der Waals surface area (Å²) in [6, 6.07) is 4.68. The van der Waals surface area contributed by atoms with Crippen molar-refractivity contribution in [3.63, 3.8) is 0 Å². The zero-order valence-corrected chi connectivity index (χ0v) is 12.2. The first-order valence-electron chi connectivity index (χ1n) is 5.54. The molecular weight excluding hydrogens is 343 g/mol. The first kappa shape index (κ1) is 16.4. The summed E-state index contributed by atoms with van der Waals surface area (Å²) in [5.41, 5.74) is -0.225. The molecule has 0 aliphatic heterocycles. The van der Waals surface area contributed by atoms with Gasteiger partial charge in [0, 0.05) is 5.69 Å². The maximum Gasteiger partial charge on any atom is 0.434 e. The molecule has 1 amide bonds. The lowest BCUT2D eigenvalue weighted by atomic mass is 10.3. The molecule has 1 heterocycles. The molecular formula is C11H8F3N3O3S2. The lowest BCUT2D eigenvalue weighted by Crippen LogP contribution is -2.17. The van der Waals surface area contributed by atoms with E-state index in [1.54, 1.807) is 0 Å². The van der Waals surface area contributed by atoms with Crippen molar-refractivity contribution in [2.45, 2.75) is 11.1 Å². The van der Waals surface area contributed by atoms with Gasteiger partial charge in [0.1, 0.15) is 4.88 Å². The van der Waals surface area contributed by atoms with Crippen LogP contribution in [0, 0.1) is 0 Å². The topological polar surface area (TPSA) is 102 Å². The third-order valence-corrected chi connectivity index (χ3v) is 4.24. The van der Waals surface area contributed by atoms with Crippen LogP contribution in [0.25, 0.3) is 0 Å². The van der Waals surface area contributed by atoms with Crippen molar-refractivity contribution < 1.29 is 26.4 Å². The van der Waals surface area contributed by atoms with E-state index in [9.17, 15) is 26.4 Å². The fourth-order valence-electron chi connectivity index (χ4n) is 1.52. The minimum atomic E-state index is -4.73. The summed E-state index contributed by atoms with van der Waals surface area (Å²) in [5.74, 6) is -0.988. The molecule has 0 atom stereocenters. The van der Waals surface area contributed by atoms with Gasteiger partial charge in [-0.1, -0.05) is 0 Å². The van der Waals surface area contributed by atoms with E-state index in [0.717, 1.165) is 17.6 Å². The normalized spacial score (nSPS) is 12.2. The fourth-order valence-corrected chi connectivity index (χ4v) is 2.74. The predicted molar refractivity (Wildman–Crippen MR) is 72.9 cm³/mol. The average Bonchev–Trinajstić information content (AvgIpc) is 2.87. The van der Waals surface area contributed by atoms with E-state index in [1.165, 1.54) is 12.1 Å². The maximum absolute atomic E-state index is 12.6. The summed E-state index contributed by atoms with van der Waals surface area (Å²) in [6.07, 6.45) is -4.73. The molecule has 0 spiro atoms. The number of sulfonamides is 1. The molecule has 0 fully saturated rings. The van der Waals surface area contributed by atoms with Crippen molar-refractivity contribution in [1.82, 2.24) is 4.98 Å². The number of hydrogen-bond donors (Lipinski definition) is 2. The highest BCUT2D eigenvalue weighted by Gasteiger charge is 2.38. The van der Waals surface area contributed by atoms with E-state index in [2.05, 4.69) is 10.3 Å². The molecule has 0 radical (unpaired) electrons. The Balaban J connectivity index is 2.22. The lowest BCUT2D eigenvalue weighted by molar-refractivity contribution is -0.141. The molecule has 6 nitrogen and oxygen atoms in total. The highest BCUT2D eigenvalue weighted by Crippen LogP contribution is 2.33. The number of carbonyl (C=O) groups excluding carboxylic acids is 1. The number of anilines is 1. The summed E-state index contributed by atoms with van der Waals surface area (Å²) >= 11 is 0.552. The maximum atomic E-state index is 12.6. The summed E-state index contributed by atoms with van der Waals surface area (Å²) in [7, 11) is -3.89. The number of rotatable bonds is 3. The van der Waals surface area contributed by atoms with Gasteiger partial charge in [0.05, 0.1) is 10.4 Å². The number of benzene rings is 1. The molecule has 0 aliphatic rings. The SMILES string of the molecule is NS(=O)(=O)c1ccc(NC(=O)c2scnc2C(F)(F)F)cc1. The Morgan fingerprint density at radius 3 is 2.32 bits per heavy atom. The van der Waals surface area contributed by atoms with Gasteiger partial charge in [-0.15, -0.1) is 11.3 Å². The van der Waals surface area contributed by atoms with Gasteiger partial charge in [-0.25, -0.2) is 18.5 Å². The quantitative estimate of drug-likeness (QED) is 0.883. The van der Waals surface area contributed by atoms with E-state index < -0.39 is 32.7 Å². The number of halogens is 3. The third-order valence-electron chi connectivity index (χ3n) is 2.48. The summed E-state index contributed by atoms with van der Waals surface area (Å²) in [4.78, 5) is 14.2. The van der Waals surface area contributed by atoms with Gasteiger partial charge in [-0.2, -0.15) is 13.2 Å². The molecule has 0 saturated heterocycles. The van der Waals surface area contributed by atoms with Crippen molar-refractivity contribution in [2.24, 2.45) is 5.14 Å². The number of nitrogens with one attached hydrogen (secondary N) is 1. The first-order chi connectivity index (χ1) is 10.1. The van der Waals surface area contributed by atoms with Crippen LogP contribution in [-0.4, -0.2) is 19.3 Å². The number of primary sulfonamides is 1. The van der Waals surface area contributed by atoms with Crippen LogP contribution >= 0.6 is 11.3 Å². The predicted octanol–water partition coefficient (Wildman–Crippen LogP) is 2.06. The van der Waals surface area contributed by atoms with E-state index >= 15 is 0 Å². The number of alkyl halides is 3. The Bertz CT molecular complexity index is 798. The fraction of sp³-hybridized carbons (Fsp3) is 0.0909. The van der Waals surface area contributed by atoms with Crippen LogP contribution in [0.1, 0.15) is 15.4 Å². The molecule has 22 heavy (non-hydrogen) atoms. The Morgan fingerprint density at radius 1 is 1.23 bits per heavy atom. The van der Waals surface area contributed by atoms with Gasteiger partial charge in [0.15, 0.2) is 5.69 Å². The van der Waals surface area contributed by atoms with E-state index in [1.807, 2.05) is 0 Å². The van der Waals surface area contributed by atoms with Crippen LogP contribution in [-0.2, 0) is 16.2 Å². The minimum absolute atomic E-state index is 0.124. The van der Waals surface area contributed by atoms with Gasteiger partial charge in [0.2, 0.25) is 10.0 Å². The Morgan fingerprint density at radius 2 is 1.82 bits per heavy atom. The summed E-state index contributed by atoms with van der Waals surface area (Å²) in [5, 5.41) is 7.14. The number of hydrogen-bond acceptors (Lipinski definition) is 5. The van der Waals surface area contributed by atoms with Crippen molar-refractivity contribution in [3.8, 4) is 0 Å². The number of aromatic nitrogens is 1.